The zero-order valence-corrected chi connectivity index (χ0v) is 15.4. The Labute approximate surface area is 151 Å². The van der Waals surface area contributed by atoms with E-state index in [1.165, 1.54) is 4.31 Å². The van der Waals surface area contributed by atoms with Crippen molar-refractivity contribution >= 4 is 26.8 Å². The molecule has 2 aliphatic heterocycles. The lowest BCUT2D eigenvalue weighted by atomic mass is 10.0. The van der Waals surface area contributed by atoms with Gasteiger partial charge in [-0.3, -0.25) is 9.89 Å². The van der Waals surface area contributed by atoms with Crippen LogP contribution in [0.15, 0.2) is 23.2 Å². The van der Waals surface area contributed by atoms with Crippen LogP contribution < -0.4 is 5.32 Å². The number of nitrogens with one attached hydrogen (secondary N) is 2. The van der Waals surface area contributed by atoms with Crippen LogP contribution in [-0.4, -0.2) is 60.7 Å². The monoisotopic (exact) mass is 378 g/mol. The third-order valence-electron chi connectivity index (χ3n) is 5.08. The Morgan fingerprint density at radius 1 is 1.31 bits per heavy atom. The third-order valence-corrected chi connectivity index (χ3v) is 7.02. The van der Waals surface area contributed by atoms with Crippen LogP contribution in [0.2, 0.25) is 0 Å². The van der Waals surface area contributed by atoms with E-state index in [0.717, 1.165) is 23.8 Å². The summed E-state index contributed by atoms with van der Waals surface area (Å²) in [6, 6.07) is 2.91. The van der Waals surface area contributed by atoms with Crippen molar-refractivity contribution in [3.05, 3.63) is 23.9 Å². The average Bonchev–Trinajstić information content (AvgIpc) is 3.01. The molecule has 0 aliphatic carbocycles. The summed E-state index contributed by atoms with van der Waals surface area (Å²) in [5, 5.41) is 10.4. The zero-order valence-electron chi connectivity index (χ0n) is 14.6. The van der Waals surface area contributed by atoms with Gasteiger partial charge in [-0.25, -0.2) is 8.42 Å². The fourth-order valence-electron chi connectivity index (χ4n) is 3.55. The van der Waals surface area contributed by atoms with Gasteiger partial charge in [-0.15, -0.1) is 0 Å². The van der Waals surface area contributed by atoms with Crippen molar-refractivity contribution in [1.82, 2.24) is 19.8 Å². The number of nitrogens with zero attached hydrogens (tertiary/aromatic N) is 2. The topological polar surface area (TPSA) is 104 Å². The Morgan fingerprint density at radius 3 is 2.77 bits per heavy atom. The summed E-state index contributed by atoms with van der Waals surface area (Å²) < 4.78 is 32.9. The van der Waals surface area contributed by atoms with E-state index < -0.39 is 16.1 Å². The number of fused-ring (bicyclic) bond motifs is 1. The SMILES string of the molecule is Cc1cc(S(=O)(=O)N2CC[C@H]2C(=O)NC2CCOCC2)c2[nH]ncc2c1. The van der Waals surface area contributed by atoms with Crippen LogP contribution in [0.5, 0.6) is 0 Å². The quantitative estimate of drug-likeness (QED) is 0.824. The summed E-state index contributed by atoms with van der Waals surface area (Å²) in [4.78, 5) is 12.8. The zero-order chi connectivity index (χ0) is 18.3. The van der Waals surface area contributed by atoms with Crippen LogP contribution in [-0.2, 0) is 19.6 Å². The molecule has 2 aromatic rings. The molecule has 2 fully saturated rings. The van der Waals surface area contributed by atoms with E-state index in [2.05, 4.69) is 15.5 Å². The molecule has 140 valence electrons. The van der Waals surface area contributed by atoms with E-state index in [1.54, 1.807) is 12.3 Å². The number of rotatable bonds is 4. The first-order valence-corrected chi connectivity index (χ1v) is 10.2. The fourth-order valence-corrected chi connectivity index (χ4v) is 5.44. The minimum atomic E-state index is -3.78. The molecular formula is C17H22N4O4S. The summed E-state index contributed by atoms with van der Waals surface area (Å²) >= 11 is 0. The van der Waals surface area contributed by atoms with Gasteiger partial charge in [-0.05, 0) is 43.9 Å². The lowest BCUT2D eigenvalue weighted by Gasteiger charge is -2.39. The molecule has 0 saturated carbocycles. The van der Waals surface area contributed by atoms with E-state index >= 15 is 0 Å². The van der Waals surface area contributed by atoms with Crippen LogP contribution in [0, 0.1) is 6.92 Å². The molecule has 0 bridgehead atoms. The standard InChI is InChI=1S/C17H22N4O4S/c1-11-8-12-10-18-20-16(12)15(9-11)26(23,24)21-5-2-14(21)17(22)19-13-3-6-25-7-4-13/h8-10,13-14H,2-7H2,1H3,(H,18,20)(H,19,22)/t14-/m0/s1. The van der Waals surface area contributed by atoms with E-state index in [9.17, 15) is 13.2 Å². The Kier molecular flexibility index (Phi) is 4.45. The molecule has 1 amide bonds. The number of sulfonamides is 1. The molecule has 0 unspecified atom stereocenters. The number of hydrogen-bond acceptors (Lipinski definition) is 5. The van der Waals surface area contributed by atoms with Crippen molar-refractivity contribution in [2.45, 2.75) is 43.2 Å². The second-order valence-corrected chi connectivity index (χ2v) is 8.77. The molecule has 2 N–H and O–H groups in total. The van der Waals surface area contributed by atoms with Gasteiger partial charge in [-0.1, -0.05) is 0 Å². The Bertz CT molecular complexity index is 933. The Morgan fingerprint density at radius 2 is 2.08 bits per heavy atom. The second-order valence-electron chi connectivity index (χ2n) is 6.91. The minimum Gasteiger partial charge on any atom is -0.381 e. The number of benzene rings is 1. The fraction of sp³-hybridized carbons (Fsp3) is 0.529. The van der Waals surface area contributed by atoms with Crippen LogP contribution >= 0.6 is 0 Å². The molecule has 0 radical (unpaired) electrons. The predicted octanol–water partition coefficient (Wildman–Crippen LogP) is 0.930. The van der Waals surface area contributed by atoms with Gasteiger partial charge in [0.05, 0.1) is 11.7 Å². The highest BCUT2D eigenvalue weighted by Gasteiger charge is 2.44. The molecule has 1 atom stereocenters. The van der Waals surface area contributed by atoms with Crippen molar-refractivity contribution < 1.29 is 17.9 Å². The third kappa shape index (κ3) is 3.00. The normalized spacial score (nSPS) is 22.3. The largest absolute Gasteiger partial charge is 0.381 e. The van der Waals surface area contributed by atoms with Crippen LogP contribution in [0.25, 0.3) is 10.9 Å². The molecule has 9 heteroatoms. The van der Waals surface area contributed by atoms with E-state index in [-0.39, 0.29) is 16.8 Å². The van der Waals surface area contributed by atoms with Crippen LogP contribution in [0.3, 0.4) is 0 Å². The summed E-state index contributed by atoms with van der Waals surface area (Å²) in [5.41, 5.74) is 1.31. The minimum absolute atomic E-state index is 0.0553. The average molecular weight is 378 g/mol. The number of ether oxygens (including phenoxy) is 1. The number of H-pyrrole nitrogens is 1. The molecule has 4 rings (SSSR count). The van der Waals surface area contributed by atoms with E-state index in [0.29, 0.717) is 31.7 Å². The lowest BCUT2D eigenvalue weighted by Crippen LogP contribution is -2.59. The summed E-state index contributed by atoms with van der Waals surface area (Å²) in [7, 11) is -3.78. The van der Waals surface area contributed by atoms with Crippen molar-refractivity contribution in [1.29, 1.82) is 0 Å². The summed E-state index contributed by atoms with van der Waals surface area (Å²) in [6.07, 6.45) is 3.66. The number of aromatic amines is 1. The van der Waals surface area contributed by atoms with Crippen molar-refractivity contribution in [2.75, 3.05) is 19.8 Å². The number of hydrogen-bond donors (Lipinski definition) is 2. The molecule has 0 spiro atoms. The number of carbonyl (C=O) groups is 1. The van der Waals surface area contributed by atoms with Gasteiger partial charge in [0.25, 0.3) is 0 Å². The van der Waals surface area contributed by atoms with Gasteiger partial charge >= 0.3 is 0 Å². The van der Waals surface area contributed by atoms with Crippen molar-refractivity contribution in [3.8, 4) is 0 Å². The Balaban J connectivity index is 1.57. The maximum Gasteiger partial charge on any atom is 0.245 e. The molecule has 1 aromatic carbocycles. The molecule has 8 nitrogen and oxygen atoms in total. The van der Waals surface area contributed by atoms with Crippen LogP contribution in [0.4, 0.5) is 0 Å². The van der Waals surface area contributed by atoms with Crippen molar-refractivity contribution in [2.24, 2.45) is 0 Å². The highest BCUT2D eigenvalue weighted by Crippen LogP contribution is 2.31. The second kappa shape index (κ2) is 6.64. The van der Waals surface area contributed by atoms with E-state index in [4.69, 9.17) is 4.74 Å². The van der Waals surface area contributed by atoms with Crippen molar-refractivity contribution in [3.63, 3.8) is 0 Å². The van der Waals surface area contributed by atoms with E-state index in [1.807, 2.05) is 13.0 Å². The smallest absolute Gasteiger partial charge is 0.245 e. The summed E-state index contributed by atoms with van der Waals surface area (Å²) in [5.74, 6) is -0.222. The maximum atomic E-state index is 13.2. The molecular weight excluding hydrogens is 356 g/mol. The first-order valence-electron chi connectivity index (χ1n) is 8.80. The van der Waals surface area contributed by atoms with Gasteiger partial charge in [0.2, 0.25) is 15.9 Å². The van der Waals surface area contributed by atoms with Gasteiger partial charge in [0.15, 0.2) is 0 Å². The molecule has 2 saturated heterocycles. The first-order chi connectivity index (χ1) is 12.5. The molecule has 1 aromatic heterocycles. The maximum absolute atomic E-state index is 13.2. The van der Waals surface area contributed by atoms with Gasteiger partial charge < -0.3 is 10.1 Å². The predicted molar refractivity (Wildman–Crippen MR) is 95.1 cm³/mol. The summed E-state index contributed by atoms with van der Waals surface area (Å²) in [6.45, 7) is 3.44. The lowest BCUT2D eigenvalue weighted by molar-refractivity contribution is -0.129. The van der Waals surface area contributed by atoms with Gasteiger partial charge in [0, 0.05) is 31.2 Å². The van der Waals surface area contributed by atoms with Crippen LogP contribution in [0.1, 0.15) is 24.8 Å². The number of carbonyl (C=O) groups excluding carboxylic acids is 1. The highest BCUT2D eigenvalue weighted by atomic mass is 32.2. The molecule has 26 heavy (non-hydrogen) atoms. The first kappa shape index (κ1) is 17.4. The Hall–Kier alpha value is -1.97. The number of aryl methyl sites for hydroxylation is 1. The number of amides is 1. The van der Waals surface area contributed by atoms with Gasteiger partial charge in [-0.2, -0.15) is 9.40 Å². The molecule has 2 aliphatic rings. The van der Waals surface area contributed by atoms with Gasteiger partial charge in [0.1, 0.15) is 10.9 Å². The number of aromatic nitrogens is 2. The molecule has 3 heterocycles. The highest BCUT2D eigenvalue weighted by molar-refractivity contribution is 7.89.